The number of methoxy groups -OCH3 is 1. The van der Waals surface area contributed by atoms with E-state index in [0.717, 1.165) is 0 Å². The number of aromatic hydroxyl groups is 4. The van der Waals surface area contributed by atoms with E-state index in [1.54, 1.807) is 0 Å². The molecule has 0 unspecified atom stereocenters. The molecule has 3 aromatic rings. The second kappa shape index (κ2) is 7.53. The second-order valence-electron chi connectivity index (χ2n) is 5.77. The maximum absolute atomic E-state index is 13.2. The Bertz CT molecular complexity index is 1080. The van der Waals surface area contributed by atoms with Crippen molar-refractivity contribution in [3.8, 4) is 28.7 Å². The lowest BCUT2D eigenvalue weighted by atomic mass is 9.98. The first-order chi connectivity index (χ1) is 13.2. The Balaban J connectivity index is 2.36. The van der Waals surface area contributed by atoms with Gasteiger partial charge in [-0.2, -0.15) is 0 Å². The number of furan rings is 1. The molecule has 148 valence electrons. The second-order valence-corrected chi connectivity index (χ2v) is 7.48. The van der Waals surface area contributed by atoms with E-state index in [4.69, 9.17) is 9.15 Å². The van der Waals surface area contributed by atoms with Gasteiger partial charge in [-0.15, -0.1) is 0 Å². The lowest BCUT2D eigenvalue weighted by Crippen LogP contribution is -2.05. The Morgan fingerprint density at radius 3 is 2.18 bits per heavy atom. The summed E-state index contributed by atoms with van der Waals surface area (Å²) in [6.07, 6.45) is -0.0852. The summed E-state index contributed by atoms with van der Waals surface area (Å²) in [7, 11) is 1.18. The van der Waals surface area contributed by atoms with Crippen molar-refractivity contribution in [2.75, 3.05) is 13.7 Å². The van der Waals surface area contributed by atoms with Crippen molar-refractivity contribution < 1.29 is 39.5 Å². The monoisotopic (exact) mass is 516 g/mol. The topological polar surface area (TPSA) is 141 Å². The van der Waals surface area contributed by atoms with Crippen LogP contribution in [0.5, 0.6) is 28.7 Å². The molecule has 0 radical (unpaired) electrons. The molecule has 5 N–H and O–H groups in total. The van der Waals surface area contributed by atoms with Gasteiger partial charge >= 0.3 is 0 Å². The van der Waals surface area contributed by atoms with Crippen LogP contribution in [0, 0.1) is 0 Å². The van der Waals surface area contributed by atoms with Gasteiger partial charge in [0.25, 0.3) is 0 Å². The molecule has 0 bridgehead atoms. The lowest BCUT2D eigenvalue weighted by Gasteiger charge is -2.09. The number of fused-ring (bicyclic) bond motifs is 1. The molecule has 0 aliphatic heterocycles. The molecule has 0 fully saturated rings. The summed E-state index contributed by atoms with van der Waals surface area (Å²) in [6, 6.07) is 2.73. The summed E-state index contributed by atoms with van der Waals surface area (Å²) < 4.78 is 10.9. The van der Waals surface area contributed by atoms with E-state index >= 15 is 0 Å². The number of carbonyl (C=O) groups is 1. The number of phenolic OH excluding ortho intramolecular Hbond substituents is 4. The molecule has 1 aromatic heterocycles. The fourth-order valence-electron chi connectivity index (χ4n) is 2.86. The van der Waals surface area contributed by atoms with Crippen LogP contribution < -0.4 is 4.74 Å². The number of hydrogen-bond acceptors (Lipinski definition) is 8. The van der Waals surface area contributed by atoms with Gasteiger partial charge in [-0.25, -0.2) is 0 Å². The Morgan fingerprint density at radius 2 is 1.64 bits per heavy atom. The minimum Gasteiger partial charge on any atom is -0.506 e. The molecule has 28 heavy (non-hydrogen) atoms. The zero-order valence-electron chi connectivity index (χ0n) is 14.3. The summed E-state index contributed by atoms with van der Waals surface area (Å²) >= 11 is 6.28. The fraction of sp³-hybridized carbons (Fsp3) is 0.167. The predicted octanol–water partition coefficient (Wildman–Crippen LogP) is 3.55. The summed E-state index contributed by atoms with van der Waals surface area (Å²) in [6.45, 7) is -0.367. The van der Waals surface area contributed by atoms with Crippen molar-refractivity contribution in [3.63, 3.8) is 0 Å². The number of ketones is 1. The third-order valence-electron chi connectivity index (χ3n) is 4.14. The molecule has 0 aliphatic carbocycles. The summed E-state index contributed by atoms with van der Waals surface area (Å²) in [5.74, 6) is -3.21. The highest BCUT2D eigenvalue weighted by Gasteiger charge is 2.31. The largest absolute Gasteiger partial charge is 0.506 e. The smallest absolute Gasteiger partial charge is 0.210 e. The SMILES string of the molecule is COc1c(O)c(O)c2c(C(=O)c3cc(Br)c(O)c(Br)c3)c(CCO)oc2c1O. The van der Waals surface area contributed by atoms with Gasteiger partial charge in [-0.05, 0) is 44.0 Å². The van der Waals surface area contributed by atoms with Crippen molar-refractivity contribution in [1.29, 1.82) is 0 Å². The van der Waals surface area contributed by atoms with Crippen LogP contribution >= 0.6 is 31.9 Å². The van der Waals surface area contributed by atoms with Gasteiger partial charge in [-0.1, -0.05) is 0 Å². The first-order valence-electron chi connectivity index (χ1n) is 7.82. The van der Waals surface area contributed by atoms with Crippen molar-refractivity contribution >= 4 is 48.6 Å². The van der Waals surface area contributed by atoms with E-state index in [9.17, 15) is 30.3 Å². The zero-order chi connectivity index (χ0) is 20.7. The first-order valence-corrected chi connectivity index (χ1v) is 9.41. The van der Waals surface area contributed by atoms with Crippen LogP contribution in [0.4, 0.5) is 0 Å². The van der Waals surface area contributed by atoms with Crippen LogP contribution in [-0.4, -0.2) is 45.0 Å². The van der Waals surface area contributed by atoms with Crippen LogP contribution in [0.15, 0.2) is 25.5 Å². The third-order valence-corrected chi connectivity index (χ3v) is 5.35. The van der Waals surface area contributed by atoms with Crippen molar-refractivity contribution in [2.24, 2.45) is 0 Å². The van der Waals surface area contributed by atoms with Gasteiger partial charge < -0.3 is 34.7 Å². The van der Waals surface area contributed by atoms with E-state index in [1.807, 2.05) is 0 Å². The molecule has 0 spiro atoms. The molecule has 0 atom stereocenters. The number of hydrogen-bond donors (Lipinski definition) is 5. The summed E-state index contributed by atoms with van der Waals surface area (Å²) in [5, 5.41) is 49.8. The Labute approximate surface area is 174 Å². The van der Waals surface area contributed by atoms with Gasteiger partial charge in [0.05, 0.1) is 33.6 Å². The molecule has 8 nitrogen and oxygen atoms in total. The quantitative estimate of drug-likeness (QED) is 0.196. The Kier molecular flexibility index (Phi) is 5.46. The van der Waals surface area contributed by atoms with E-state index in [-0.39, 0.29) is 55.6 Å². The molecular formula is C18H14Br2O8. The maximum atomic E-state index is 13.2. The molecule has 10 heteroatoms. The third kappa shape index (κ3) is 3.07. The molecule has 0 amide bonds. The number of aliphatic hydroxyl groups excluding tert-OH is 1. The molecule has 0 aliphatic rings. The van der Waals surface area contributed by atoms with Gasteiger partial charge in [-0.3, -0.25) is 4.79 Å². The minimum absolute atomic E-state index is 0.000993. The normalized spacial score (nSPS) is 11.1. The van der Waals surface area contributed by atoms with Gasteiger partial charge in [0.15, 0.2) is 17.1 Å². The zero-order valence-corrected chi connectivity index (χ0v) is 17.5. The number of halogens is 2. The lowest BCUT2D eigenvalue weighted by molar-refractivity contribution is 0.103. The highest BCUT2D eigenvalue weighted by atomic mass is 79.9. The average molecular weight is 518 g/mol. The molecule has 2 aromatic carbocycles. The Hall–Kier alpha value is -2.43. The molecule has 0 saturated heterocycles. The summed E-state index contributed by atoms with van der Waals surface area (Å²) in [5.41, 5.74) is -0.289. The predicted molar refractivity (Wildman–Crippen MR) is 105 cm³/mol. The van der Waals surface area contributed by atoms with Crippen LogP contribution in [-0.2, 0) is 6.42 Å². The van der Waals surface area contributed by atoms with Crippen molar-refractivity contribution in [1.82, 2.24) is 0 Å². The van der Waals surface area contributed by atoms with Gasteiger partial charge in [0, 0.05) is 12.0 Å². The number of benzene rings is 2. The summed E-state index contributed by atoms with van der Waals surface area (Å²) in [4.78, 5) is 13.2. The maximum Gasteiger partial charge on any atom is 0.210 e. The highest BCUT2D eigenvalue weighted by molar-refractivity contribution is 9.11. The minimum atomic E-state index is -0.758. The van der Waals surface area contributed by atoms with Crippen LogP contribution in [0.3, 0.4) is 0 Å². The van der Waals surface area contributed by atoms with Gasteiger partial charge in [0.2, 0.25) is 17.2 Å². The van der Waals surface area contributed by atoms with E-state index in [2.05, 4.69) is 31.9 Å². The first kappa shape index (κ1) is 20.3. The van der Waals surface area contributed by atoms with Crippen LogP contribution in [0.25, 0.3) is 11.0 Å². The van der Waals surface area contributed by atoms with Gasteiger partial charge in [0.1, 0.15) is 11.5 Å². The van der Waals surface area contributed by atoms with E-state index in [1.165, 1.54) is 19.2 Å². The number of rotatable bonds is 5. The van der Waals surface area contributed by atoms with Crippen LogP contribution in [0.2, 0.25) is 0 Å². The average Bonchev–Trinajstić information content (AvgIpc) is 3.03. The molecule has 1 heterocycles. The molecular weight excluding hydrogens is 504 g/mol. The standard InChI is InChI=1S/C18H14Br2O8/c1-27-18-15(25)14(24)11-10(9(2-3-21)28-17(11)16(18)26)12(22)6-4-7(19)13(23)8(20)5-6/h4-5,21,23-26H,2-3H2,1H3. The van der Waals surface area contributed by atoms with Crippen molar-refractivity contribution in [2.45, 2.75) is 6.42 Å². The highest BCUT2D eigenvalue weighted by Crippen LogP contribution is 2.52. The van der Waals surface area contributed by atoms with E-state index < -0.39 is 28.8 Å². The Morgan fingerprint density at radius 1 is 1.04 bits per heavy atom. The fourth-order valence-corrected chi connectivity index (χ4v) is 4.05. The van der Waals surface area contributed by atoms with Crippen LogP contribution in [0.1, 0.15) is 21.7 Å². The molecule has 0 saturated carbocycles. The van der Waals surface area contributed by atoms with E-state index in [0.29, 0.717) is 0 Å². The number of ether oxygens (including phenoxy) is 1. The number of aliphatic hydroxyl groups is 1. The number of phenols is 4. The van der Waals surface area contributed by atoms with Crippen molar-refractivity contribution in [3.05, 3.63) is 38.0 Å². The molecule has 3 rings (SSSR count). The number of carbonyl (C=O) groups excluding carboxylic acids is 1.